The van der Waals surface area contributed by atoms with Gasteiger partial charge in [-0.25, -0.2) is 14.8 Å². The minimum absolute atomic E-state index is 0.108. The average Bonchev–Trinajstić information content (AvgIpc) is 3.17. The molecule has 0 N–H and O–H groups in total. The summed E-state index contributed by atoms with van der Waals surface area (Å²) in [6.07, 6.45) is 1.63. The van der Waals surface area contributed by atoms with E-state index < -0.39 is 5.97 Å². The summed E-state index contributed by atoms with van der Waals surface area (Å²) >= 11 is 7.31. The molecule has 3 heterocycles. The minimum atomic E-state index is -0.574. The van der Waals surface area contributed by atoms with Crippen LogP contribution in [0.5, 0.6) is 0 Å². The monoisotopic (exact) mass is 397 g/mol. The number of benzene rings is 1. The lowest BCUT2D eigenvalue weighted by atomic mass is 10.2. The normalized spacial score (nSPS) is 10.9. The van der Waals surface area contributed by atoms with Crippen molar-refractivity contribution < 1.29 is 9.53 Å². The first-order chi connectivity index (χ1) is 13.1. The highest BCUT2D eigenvalue weighted by Gasteiger charge is 2.14. The number of thiazole rings is 1. The van der Waals surface area contributed by atoms with Crippen LogP contribution in [-0.4, -0.2) is 20.3 Å². The highest BCUT2D eigenvalue weighted by atomic mass is 35.5. The highest BCUT2D eigenvalue weighted by Crippen LogP contribution is 2.26. The number of carbonyl (C=O) groups is 1. The molecule has 0 radical (unpaired) electrons. The maximum Gasteiger partial charge on any atom is 0.358 e. The van der Waals surface area contributed by atoms with E-state index in [-0.39, 0.29) is 17.9 Å². The first kappa shape index (κ1) is 17.4. The van der Waals surface area contributed by atoms with Gasteiger partial charge in [-0.2, -0.15) is 0 Å². The fourth-order valence-corrected chi connectivity index (χ4v) is 3.49. The molecule has 1 aromatic carbocycles. The summed E-state index contributed by atoms with van der Waals surface area (Å²) in [4.78, 5) is 32.9. The predicted molar refractivity (Wildman–Crippen MR) is 103 cm³/mol. The van der Waals surface area contributed by atoms with Crippen LogP contribution in [0.1, 0.15) is 16.2 Å². The molecule has 3 aromatic heterocycles. The molecule has 0 saturated carbocycles. The first-order valence-electron chi connectivity index (χ1n) is 7.96. The molecular weight excluding hydrogens is 386 g/mol. The van der Waals surface area contributed by atoms with Gasteiger partial charge in [0.25, 0.3) is 5.56 Å². The predicted octanol–water partition coefficient (Wildman–Crippen LogP) is 3.83. The van der Waals surface area contributed by atoms with E-state index in [1.807, 2.05) is 12.1 Å². The zero-order valence-electron chi connectivity index (χ0n) is 13.8. The maximum atomic E-state index is 12.3. The van der Waals surface area contributed by atoms with Gasteiger partial charge in [0.1, 0.15) is 17.3 Å². The average molecular weight is 398 g/mol. The Kier molecular flexibility index (Phi) is 4.70. The van der Waals surface area contributed by atoms with E-state index in [0.29, 0.717) is 21.4 Å². The molecule has 6 nitrogen and oxygen atoms in total. The van der Waals surface area contributed by atoms with Crippen LogP contribution < -0.4 is 5.56 Å². The third-order valence-electron chi connectivity index (χ3n) is 3.76. The van der Waals surface area contributed by atoms with Crippen molar-refractivity contribution in [2.24, 2.45) is 0 Å². The Hall–Kier alpha value is -3.03. The molecule has 0 aliphatic rings. The van der Waals surface area contributed by atoms with E-state index in [2.05, 4.69) is 9.97 Å². The van der Waals surface area contributed by atoms with Crippen molar-refractivity contribution in [1.29, 1.82) is 0 Å². The van der Waals surface area contributed by atoms with Gasteiger partial charge in [0.2, 0.25) is 0 Å². The summed E-state index contributed by atoms with van der Waals surface area (Å²) in [5, 5.41) is 2.90. The van der Waals surface area contributed by atoms with Gasteiger partial charge in [-0.15, -0.1) is 11.3 Å². The number of nitrogens with zero attached hydrogens (tertiary/aromatic N) is 3. The van der Waals surface area contributed by atoms with Crippen LogP contribution in [0.25, 0.3) is 16.2 Å². The number of aromatic nitrogens is 3. The van der Waals surface area contributed by atoms with Gasteiger partial charge in [0, 0.05) is 28.2 Å². The summed E-state index contributed by atoms with van der Waals surface area (Å²) in [6, 6.07) is 13.8. The number of esters is 1. The lowest BCUT2D eigenvalue weighted by Gasteiger charge is -2.04. The molecule has 0 aliphatic heterocycles. The van der Waals surface area contributed by atoms with Crippen molar-refractivity contribution in [2.75, 3.05) is 0 Å². The van der Waals surface area contributed by atoms with Crippen LogP contribution in [-0.2, 0) is 11.3 Å². The number of carbonyl (C=O) groups excluding carboxylic acids is 1. The van der Waals surface area contributed by atoms with Crippen molar-refractivity contribution >= 4 is 34.6 Å². The number of fused-ring (bicyclic) bond motifs is 1. The van der Waals surface area contributed by atoms with Gasteiger partial charge in [-0.05, 0) is 24.3 Å². The summed E-state index contributed by atoms with van der Waals surface area (Å²) in [5.41, 5.74) is 1.67. The second-order valence-electron chi connectivity index (χ2n) is 5.64. The summed E-state index contributed by atoms with van der Waals surface area (Å²) in [7, 11) is 0. The minimum Gasteiger partial charge on any atom is -0.454 e. The van der Waals surface area contributed by atoms with Crippen LogP contribution in [0, 0.1) is 0 Å². The van der Waals surface area contributed by atoms with Gasteiger partial charge < -0.3 is 4.74 Å². The molecule has 4 rings (SSSR count). The van der Waals surface area contributed by atoms with Crippen LogP contribution in [0.3, 0.4) is 0 Å². The van der Waals surface area contributed by atoms with Crippen LogP contribution >= 0.6 is 22.9 Å². The third kappa shape index (κ3) is 3.74. The van der Waals surface area contributed by atoms with Crippen molar-refractivity contribution in [2.45, 2.75) is 6.61 Å². The van der Waals surface area contributed by atoms with E-state index in [1.165, 1.54) is 21.8 Å². The number of halogens is 1. The van der Waals surface area contributed by atoms with Crippen molar-refractivity contribution in [3.05, 3.63) is 86.9 Å². The number of ether oxygens (including phenoxy) is 1. The lowest BCUT2D eigenvalue weighted by molar-refractivity contribution is 0.0462. The van der Waals surface area contributed by atoms with Crippen molar-refractivity contribution in [3.63, 3.8) is 0 Å². The molecule has 134 valence electrons. The fourth-order valence-electron chi connectivity index (χ4n) is 2.51. The maximum absolute atomic E-state index is 12.3. The van der Waals surface area contributed by atoms with Gasteiger partial charge >= 0.3 is 5.97 Å². The van der Waals surface area contributed by atoms with Gasteiger partial charge in [0.05, 0.1) is 5.69 Å². The summed E-state index contributed by atoms with van der Waals surface area (Å²) < 4.78 is 6.68. The van der Waals surface area contributed by atoms with Crippen LogP contribution in [0.2, 0.25) is 5.02 Å². The lowest BCUT2D eigenvalue weighted by Crippen LogP contribution is -2.16. The molecule has 8 heteroatoms. The molecular formula is C19H12ClN3O3S. The highest BCUT2D eigenvalue weighted by molar-refractivity contribution is 7.13. The Morgan fingerprint density at radius 1 is 1.15 bits per heavy atom. The zero-order chi connectivity index (χ0) is 18.8. The van der Waals surface area contributed by atoms with E-state index >= 15 is 0 Å². The second kappa shape index (κ2) is 7.30. The van der Waals surface area contributed by atoms with Gasteiger partial charge in [-0.1, -0.05) is 29.8 Å². The Balaban J connectivity index is 1.49. The standard InChI is InChI=1S/C19H12ClN3O3S/c20-13-5-3-4-12(8-13)18-22-15(11-27-18)19(25)26-10-14-9-17(24)23-7-2-1-6-16(23)21-14/h1-9,11H,10H2. The summed E-state index contributed by atoms with van der Waals surface area (Å²) in [6.45, 7) is -0.108. The Morgan fingerprint density at radius 3 is 2.89 bits per heavy atom. The zero-order valence-corrected chi connectivity index (χ0v) is 15.4. The molecule has 0 spiro atoms. The molecule has 0 saturated heterocycles. The number of pyridine rings is 1. The SMILES string of the molecule is O=C(OCc1cc(=O)n2ccccc2n1)c1csc(-c2cccc(Cl)c2)n1. The van der Waals surface area contributed by atoms with Crippen molar-refractivity contribution in [3.8, 4) is 10.6 Å². The molecule has 0 amide bonds. The van der Waals surface area contributed by atoms with Gasteiger partial charge in [-0.3, -0.25) is 9.20 Å². The fraction of sp³-hybridized carbons (Fsp3) is 0.0526. The third-order valence-corrected chi connectivity index (χ3v) is 4.89. The van der Waals surface area contributed by atoms with Gasteiger partial charge in [0.15, 0.2) is 5.69 Å². The Morgan fingerprint density at radius 2 is 2.04 bits per heavy atom. The topological polar surface area (TPSA) is 73.6 Å². The van der Waals surface area contributed by atoms with E-state index in [9.17, 15) is 9.59 Å². The van der Waals surface area contributed by atoms with E-state index in [4.69, 9.17) is 16.3 Å². The van der Waals surface area contributed by atoms with E-state index in [0.717, 1.165) is 5.56 Å². The molecule has 0 atom stereocenters. The summed E-state index contributed by atoms with van der Waals surface area (Å²) in [5.74, 6) is -0.574. The van der Waals surface area contributed by atoms with E-state index in [1.54, 1.807) is 41.9 Å². The largest absolute Gasteiger partial charge is 0.454 e. The van der Waals surface area contributed by atoms with Crippen molar-refractivity contribution in [1.82, 2.24) is 14.4 Å². The van der Waals surface area contributed by atoms with Crippen LogP contribution in [0.4, 0.5) is 0 Å². The smallest absolute Gasteiger partial charge is 0.358 e. The molecule has 0 fully saturated rings. The molecule has 0 aliphatic carbocycles. The quantitative estimate of drug-likeness (QED) is 0.489. The Bertz CT molecular complexity index is 1200. The number of rotatable bonds is 4. The molecule has 4 aromatic rings. The van der Waals surface area contributed by atoms with Crippen LogP contribution in [0.15, 0.2) is 64.9 Å². The molecule has 0 unspecified atom stereocenters. The molecule has 27 heavy (non-hydrogen) atoms. The second-order valence-corrected chi connectivity index (χ2v) is 6.93. The number of hydrogen-bond donors (Lipinski definition) is 0. The Labute approximate surface area is 162 Å². The first-order valence-corrected chi connectivity index (χ1v) is 9.22. The molecule has 0 bridgehead atoms. The number of hydrogen-bond acceptors (Lipinski definition) is 6.